The minimum absolute atomic E-state index is 0.0711. The van der Waals surface area contributed by atoms with E-state index in [-0.39, 0.29) is 17.7 Å². The predicted octanol–water partition coefficient (Wildman–Crippen LogP) is 4.20. The second-order valence-corrected chi connectivity index (χ2v) is 10.3. The maximum atomic E-state index is 13.4. The van der Waals surface area contributed by atoms with Crippen LogP contribution >= 0.6 is 0 Å². The number of nitrogens with one attached hydrogen (secondary N) is 2. The molecule has 1 unspecified atom stereocenters. The van der Waals surface area contributed by atoms with Crippen LogP contribution in [0.5, 0.6) is 0 Å². The lowest BCUT2D eigenvalue weighted by Crippen LogP contribution is -2.48. The lowest BCUT2D eigenvalue weighted by Gasteiger charge is -2.28. The summed E-state index contributed by atoms with van der Waals surface area (Å²) in [6, 6.07) is 16.6. The van der Waals surface area contributed by atoms with Gasteiger partial charge in [-0.25, -0.2) is 0 Å². The molecule has 4 rings (SSSR count). The first-order chi connectivity index (χ1) is 18.9. The highest BCUT2D eigenvalue weighted by molar-refractivity contribution is 6.00. The van der Waals surface area contributed by atoms with Crippen LogP contribution in [0.4, 0.5) is 11.4 Å². The fraction of sp³-hybridized carbons (Fsp3) is 0.355. The standard InChI is InChI=1S/C31H38N6O2/c1-20(34-2)23-11-13-28(14-12-23)36-31(39)29(37-30(38)25-9-5-22(17-32)6-10-25)15-21-3-7-24(8-4-21)26-16-27(33)19-35-18-26/h3-4,7-8,11-14,16,18-19,22,25,29H,5-6,9-10,15,17,32-33H2,1-2H3,(H,36,39)(H,37,38). The molecule has 0 spiro atoms. The number of pyridine rings is 1. The molecule has 1 aliphatic rings. The van der Waals surface area contributed by atoms with Crippen LogP contribution in [0, 0.1) is 11.8 Å². The van der Waals surface area contributed by atoms with E-state index in [0.717, 1.165) is 53.6 Å². The Kier molecular flexibility index (Phi) is 9.44. The first kappa shape index (κ1) is 28.0. The van der Waals surface area contributed by atoms with Gasteiger partial charge in [0.2, 0.25) is 11.8 Å². The molecule has 2 aromatic carbocycles. The van der Waals surface area contributed by atoms with Crippen molar-refractivity contribution in [1.82, 2.24) is 10.3 Å². The average Bonchev–Trinajstić information content (AvgIpc) is 2.97. The van der Waals surface area contributed by atoms with Gasteiger partial charge in [0.1, 0.15) is 6.04 Å². The quantitative estimate of drug-likeness (QED) is 0.310. The second kappa shape index (κ2) is 13.2. The van der Waals surface area contributed by atoms with Crippen molar-refractivity contribution in [3.05, 3.63) is 78.1 Å². The molecule has 1 heterocycles. The van der Waals surface area contributed by atoms with Crippen molar-refractivity contribution >= 4 is 28.9 Å². The van der Waals surface area contributed by atoms with E-state index >= 15 is 0 Å². The smallest absolute Gasteiger partial charge is 0.247 e. The Morgan fingerprint density at radius 2 is 1.69 bits per heavy atom. The van der Waals surface area contributed by atoms with Crippen LogP contribution in [-0.4, -0.2) is 42.1 Å². The van der Waals surface area contributed by atoms with Gasteiger partial charge in [0.25, 0.3) is 0 Å². The van der Waals surface area contributed by atoms with Gasteiger partial charge in [-0.1, -0.05) is 36.4 Å². The van der Waals surface area contributed by atoms with Crippen molar-refractivity contribution in [3.63, 3.8) is 0 Å². The third-order valence-electron chi connectivity index (χ3n) is 7.58. The van der Waals surface area contributed by atoms with E-state index in [0.29, 0.717) is 30.3 Å². The number of hydrogen-bond acceptors (Lipinski definition) is 6. The number of carbonyl (C=O) groups is 2. The highest BCUT2D eigenvalue weighted by Gasteiger charge is 2.29. The lowest BCUT2D eigenvalue weighted by atomic mass is 9.81. The van der Waals surface area contributed by atoms with Crippen LogP contribution in [0.1, 0.15) is 43.7 Å². The van der Waals surface area contributed by atoms with Gasteiger partial charge in [-0.15, -0.1) is 0 Å². The summed E-state index contributed by atoms with van der Waals surface area (Å²) < 4.78 is 0. The Balaban J connectivity index is 1.49. The fourth-order valence-corrected chi connectivity index (χ4v) is 5.00. The third kappa shape index (κ3) is 7.51. The maximum Gasteiger partial charge on any atom is 0.247 e. The molecule has 8 nitrogen and oxygen atoms in total. The zero-order valence-corrected chi connectivity index (χ0v) is 22.7. The number of aliphatic imine (C=N–C) groups is 1. The Morgan fingerprint density at radius 1 is 1.00 bits per heavy atom. The van der Waals surface area contributed by atoms with Crippen molar-refractivity contribution in [3.8, 4) is 11.1 Å². The summed E-state index contributed by atoms with van der Waals surface area (Å²) >= 11 is 0. The molecule has 0 aliphatic heterocycles. The van der Waals surface area contributed by atoms with Gasteiger partial charge >= 0.3 is 0 Å². The second-order valence-electron chi connectivity index (χ2n) is 10.3. The maximum absolute atomic E-state index is 13.4. The third-order valence-corrected chi connectivity index (χ3v) is 7.58. The Bertz CT molecular complexity index is 1300. The monoisotopic (exact) mass is 526 g/mol. The van der Waals surface area contributed by atoms with Gasteiger partial charge in [-0.2, -0.15) is 0 Å². The number of nitrogens with zero attached hydrogens (tertiary/aromatic N) is 2. The van der Waals surface area contributed by atoms with Crippen molar-refractivity contribution < 1.29 is 9.59 Å². The molecule has 0 saturated heterocycles. The van der Waals surface area contributed by atoms with Crippen LogP contribution in [0.2, 0.25) is 0 Å². The topological polar surface area (TPSA) is 135 Å². The summed E-state index contributed by atoms with van der Waals surface area (Å²) in [5.41, 5.74) is 17.7. The lowest BCUT2D eigenvalue weighted by molar-refractivity contribution is -0.130. The molecule has 6 N–H and O–H groups in total. The van der Waals surface area contributed by atoms with Gasteiger partial charge in [-0.3, -0.25) is 19.6 Å². The molecular formula is C31H38N6O2. The number of hydrogen-bond donors (Lipinski definition) is 4. The SMILES string of the molecule is CN=C(C)c1ccc(NC(=O)C(Cc2ccc(-c3cncc(N)c3)cc2)NC(=O)C2CCC(CN)CC2)cc1. The largest absolute Gasteiger partial charge is 0.397 e. The highest BCUT2D eigenvalue weighted by atomic mass is 16.2. The molecule has 3 aromatic rings. The van der Waals surface area contributed by atoms with Crippen molar-refractivity contribution in [1.29, 1.82) is 0 Å². The molecule has 1 atom stereocenters. The number of rotatable bonds is 9. The molecule has 39 heavy (non-hydrogen) atoms. The number of nitrogens with two attached hydrogens (primary N) is 2. The van der Waals surface area contributed by atoms with Crippen LogP contribution in [0.25, 0.3) is 11.1 Å². The Hall–Kier alpha value is -4.04. The summed E-state index contributed by atoms with van der Waals surface area (Å²) in [5, 5.41) is 6.03. The molecule has 2 amide bonds. The highest BCUT2D eigenvalue weighted by Crippen LogP contribution is 2.28. The van der Waals surface area contributed by atoms with E-state index in [9.17, 15) is 9.59 Å². The number of nitrogen functional groups attached to an aromatic ring is 1. The zero-order valence-electron chi connectivity index (χ0n) is 22.7. The van der Waals surface area contributed by atoms with Crippen molar-refractivity contribution in [2.45, 2.75) is 45.1 Å². The predicted molar refractivity (Wildman–Crippen MR) is 157 cm³/mol. The minimum Gasteiger partial charge on any atom is -0.397 e. The van der Waals surface area contributed by atoms with E-state index in [1.165, 1.54) is 0 Å². The Labute approximate surface area is 230 Å². The molecule has 1 saturated carbocycles. The Morgan fingerprint density at radius 3 is 2.31 bits per heavy atom. The molecular weight excluding hydrogens is 488 g/mol. The normalized spacial score (nSPS) is 18.3. The first-order valence-corrected chi connectivity index (χ1v) is 13.5. The minimum atomic E-state index is -0.719. The number of anilines is 2. The molecule has 1 aliphatic carbocycles. The number of aromatic nitrogens is 1. The summed E-state index contributed by atoms with van der Waals surface area (Å²) in [6.07, 6.45) is 7.22. The number of benzene rings is 2. The average molecular weight is 527 g/mol. The molecule has 8 heteroatoms. The summed E-state index contributed by atoms with van der Waals surface area (Å²) in [6.45, 7) is 2.60. The van der Waals surface area contributed by atoms with E-state index in [1.54, 1.807) is 19.4 Å². The van der Waals surface area contributed by atoms with Crippen molar-refractivity contribution in [2.24, 2.45) is 22.6 Å². The molecule has 0 radical (unpaired) electrons. The fourth-order valence-electron chi connectivity index (χ4n) is 5.00. The van der Waals surface area contributed by atoms with E-state index in [2.05, 4.69) is 20.6 Å². The zero-order chi connectivity index (χ0) is 27.8. The van der Waals surface area contributed by atoms with Gasteiger partial charge in [0.05, 0.1) is 5.69 Å². The number of amides is 2. The van der Waals surface area contributed by atoms with Gasteiger partial charge in [-0.05, 0) is 80.0 Å². The molecule has 1 fully saturated rings. The summed E-state index contributed by atoms with van der Waals surface area (Å²) in [7, 11) is 1.75. The summed E-state index contributed by atoms with van der Waals surface area (Å²) in [4.78, 5) is 35.0. The van der Waals surface area contributed by atoms with Crippen LogP contribution < -0.4 is 22.1 Å². The number of carbonyl (C=O) groups excluding carboxylic acids is 2. The van der Waals surface area contributed by atoms with Gasteiger partial charge in [0.15, 0.2) is 0 Å². The molecule has 204 valence electrons. The summed E-state index contributed by atoms with van der Waals surface area (Å²) in [5.74, 6) is 0.0539. The van der Waals surface area contributed by atoms with E-state index in [1.807, 2.05) is 61.5 Å². The van der Waals surface area contributed by atoms with E-state index in [4.69, 9.17) is 11.5 Å². The van der Waals surface area contributed by atoms with E-state index < -0.39 is 6.04 Å². The first-order valence-electron chi connectivity index (χ1n) is 13.5. The molecule has 1 aromatic heterocycles. The van der Waals surface area contributed by atoms with Gasteiger partial charge in [0, 0.05) is 48.7 Å². The van der Waals surface area contributed by atoms with Crippen LogP contribution in [-0.2, 0) is 16.0 Å². The molecule has 0 bridgehead atoms. The van der Waals surface area contributed by atoms with Gasteiger partial charge < -0.3 is 22.1 Å². The van der Waals surface area contributed by atoms with Crippen LogP contribution in [0.15, 0.2) is 72.0 Å². The van der Waals surface area contributed by atoms with Crippen molar-refractivity contribution in [2.75, 3.05) is 24.6 Å². The van der Waals surface area contributed by atoms with Crippen LogP contribution in [0.3, 0.4) is 0 Å².